The van der Waals surface area contributed by atoms with Gasteiger partial charge in [-0.2, -0.15) is 26.3 Å². The highest BCUT2D eigenvalue weighted by Crippen LogP contribution is 2.35. The number of hydrogen-bond donors (Lipinski definition) is 1. The average molecular weight is 387 g/mol. The van der Waals surface area contributed by atoms with Crippen molar-refractivity contribution in [3.05, 3.63) is 59.4 Å². The molecule has 0 fully saturated rings. The Labute approximate surface area is 137 Å². The minimum absolute atomic E-state index is 0.286. The van der Waals surface area contributed by atoms with Gasteiger partial charge in [0.2, 0.25) is 0 Å². The van der Waals surface area contributed by atoms with E-state index >= 15 is 0 Å². The van der Waals surface area contributed by atoms with E-state index in [1.165, 1.54) is 4.72 Å². The second-order valence-electron chi connectivity index (χ2n) is 4.80. The molecule has 0 aliphatic heterocycles. The van der Waals surface area contributed by atoms with E-state index < -0.39 is 49.9 Å². The number of alkyl halides is 6. The molecule has 0 heterocycles. The Kier molecular flexibility index (Phi) is 4.73. The summed E-state index contributed by atoms with van der Waals surface area (Å²) in [4.78, 5) is -0.876. The molecule has 0 radical (unpaired) electrons. The SMILES string of the molecule is O=S(=O)(Nc1cccc(C(F)(F)F)c1F)c1cccc(C(F)(F)F)c1. The van der Waals surface area contributed by atoms with Gasteiger partial charge in [0.1, 0.15) is 0 Å². The third kappa shape index (κ3) is 4.21. The van der Waals surface area contributed by atoms with Crippen LogP contribution in [0, 0.1) is 5.82 Å². The summed E-state index contributed by atoms with van der Waals surface area (Å²) in [6.07, 6.45) is -9.89. The van der Waals surface area contributed by atoms with Crippen LogP contribution in [0.15, 0.2) is 47.4 Å². The minimum atomic E-state index is -5.07. The first-order chi connectivity index (χ1) is 11.3. The standard InChI is InChI=1S/C14H8F7NO2S/c15-12-10(14(19,20)21)5-2-6-11(12)22-25(23,24)9-4-1-3-8(7-9)13(16,17)18/h1-7,22H. The van der Waals surface area contributed by atoms with Crippen LogP contribution in [0.2, 0.25) is 0 Å². The molecule has 0 saturated carbocycles. The maximum Gasteiger partial charge on any atom is 0.419 e. The van der Waals surface area contributed by atoms with E-state index in [0.717, 1.165) is 24.3 Å². The van der Waals surface area contributed by atoms with Crippen LogP contribution >= 0.6 is 0 Å². The summed E-state index contributed by atoms with van der Waals surface area (Å²) >= 11 is 0. The van der Waals surface area contributed by atoms with E-state index in [-0.39, 0.29) is 6.07 Å². The molecule has 0 bridgehead atoms. The molecular formula is C14H8F7NO2S. The topological polar surface area (TPSA) is 46.2 Å². The fraction of sp³-hybridized carbons (Fsp3) is 0.143. The van der Waals surface area contributed by atoms with Gasteiger partial charge in [-0.25, -0.2) is 12.8 Å². The summed E-state index contributed by atoms with van der Waals surface area (Å²) in [5.41, 5.74) is -4.02. The number of hydrogen-bond acceptors (Lipinski definition) is 2. The van der Waals surface area contributed by atoms with Crippen LogP contribution in [0.4, 0.5) is 36.4 Å². The van der Waals surface area contributed by atoms with Crippen molar-refractivity contribution in [2.75, 3.05) is 4.72 Å². The van der Waals surface area contributed by atoms with E-state index in [4.69, 9.17) is 0 Å². The maximum atomic E-state index is 13.9. The lowest BCUT2D eigenvalue weighted by Crippen LogP contribution is -2.17. The highest BCUT2D eigenvalue weighted by atomic mass is 32.2. The third-order valence-corrected chi connectivity index (χ3v) is 4.38. The number of halogens is 7. The van der Waals surface area contributed by atoms with Crippen molar-refractivity contribution in [3.63, 3.8) is 0 Å². The van der Waals surface area contributed by atoms with Crippen LogP contribution in [-0.4, -0.2) is 8.42 Å². The largest absolute Gasteiger partial charge is 0.419 e. The van der Waals surface area contributed by atoms with E-state index in [1.807, 2.05) is 0 Å². The first-order valence-electron chi connectivity index (χ1n) is 6.38. The van der Waals surface area contributed by atoms with Crippen LogP contribution < -0.4 is 4.72 Å². The number of nitrogens with one attached hydrogen (secondary N) is 1. The first-order valence-corrected chi connectivity index (χ1v) is 7.86. The van der Waals surface area contributed by atoms with Gasteiger partial charge in [0.05, 0.1) is 21.7 Å². The summed E-state index contributed by atoms with van der Waals surface area (Å²) in [5, 5.41) is 0. The fourth-order valence-corrected chi connectivity index (χ4v) is 2.98. The zero-order chi connectivity index (χ0) is 19.0. The monoisotopic (exact) mass is 387 g/mol. The van der Waals surface area contributed by atoms with Crippen molar-refractivity contribution in [2.45, 2.75) is 17.2 Å². The molecule has 0 aliphatic carbocycles. The molecule has 136 valence electrons. The van der Waals surface area contributed by atoms with Gasteiger partial charge in [-0.3, -0.25) is 4.72 Å². The van der Waals surface area contributed by atoms with Gasteiger partial charge in [0, 0.05) is 0 Å². The molecule has 0 spiro atoms. The number of rotatable bonds is 3. The summed E-state index contributed by atoms with van der Waals surface area (Å²) in [6, 6.07) is 4.38. The molecule has 0 aliphatic rings. The molecule has 0 saturated heterocycles. The summed E-state index contributed by atoms with van der Waals surface area (Å²) in [5.74, 6) is -1.88. The van der Waals surface area contributed by atoms with Crippen LogP contribution in [0.5, 0.6) is 0 Å². The Morgan fingerprint density at radius 3 is 2.00 bits per heavy atom. The molecule has 0 amide bonds. The maximum absolute atomic E-state index is 13.9. The molecule has 3 nitrogen and oxygen atoms in total. The Morgan fingerprint density at radius 2 is 1.44 bits per heavy atom. The van der Waals surface area contributed by atoms with E-state index in [2.05, 4.69) is 0 Å². The Morgan fingerprint density at radius 1 is 0.840 bits per heavy atom. The van der Waals surface area contributed by atoms with Crippen molar-refractivity contribution >= 4 is 15.7 Å². The predicted octanol–water partition coefficient (Wildman–Crippen LogP) is 4.66. The normalized spacial score (nSPS) is 12.9. The van der Waals surface area contributed by atoms with Crippen LogP contribution in [0.25, 0.3) is 0 Å². The van der Waals surface area contributed by atoms with Crippen LogP contribution in [0.1, 0.15) is 11.1 Å². The van der Waals surface area contributed by atoms with Gasteiger partial charge in [0.15, 0.2) is 5.82 Å². The van der Waals surface area contributed by atoms with Crippen LogP contribution in [-0.2, 0) is 22.4 Å². The average Bonchev–Trinajstić information content (AvgIpc) is 2.47. The van der Waals surface area contributed by atoms with Gasteiger partial charge in [-0.15, -0.1) is 0 Å². The highest BCUT2D eigenvalue weighted by molar-refractivity contribution is 7.92. The van der Waals surface area contributed by atoms with Gasteiger partial charge < -0.3 is 0 Å². The van der Waals surface area contributed by atoms with Gasteiger partial charge in [-0.1, -0.05) is 12.1 Å². The van der Waals surface area contributed by atoms with Crippen molar-refractivity contribution in [2.24, 2.45) is 0 Å². The first kappa shape index (κ1) is 19.0. The Balaban J connectivity index is 2.44. The Hall–Kier alpha value is -2.30. The molecule has 2 aromatic rings. The third-order valence-electron chi connectivity index (χ3n) is 3.02. The molecule has 2 aromatic carbocycles. The zero-order valence-corrected chi connectivity index (χ0v) is 12.7. The predicted molar refractivity (Wildman–Crippen MR) is 73.7 cm³/mol. The molecule has 11 heteroatoms. The number of anilines is 1. The number of sulfonamides is 1. The zero-order valence-electron chi connectivity index (χ0n) is 11.9. The number of benzene rings is 2. The molecule has 0 unspecified atom stereocenters. The van der Waals surface area contributed by atoms with Gasteiger partial charge in [-0.05, 0) is 30.3 Å². The lowest BCUT2D eigenvalue weighted by molar-refractivity contribution is -0.140. The minimum Gasteiger partial charge on any atom is -0.277 e. The Bertz CT molecular complexity index is 889. The molecule has 1 N–H and O–H groups in total. The molecule has 0 atom stereocenters. The lowest BCUT2D eigenvalue weighted by Gasteiger charge is -2.14. The van der Waals surface area contributed by atoms with Crippen LogP contribution in [0.3, 0.4) is 0 Å². The molecular weight excluding hydrogens is 379 g/mol. The molecule has 2 rings (SSSR count). The van der Waals surface area contributed by atoms with Crippen molar-refractivity contribution < 1.29 is 39.2 Å². The van der Waals surface area contributed by atoms with Gasteiger partial charge in [0.25, 0.3) is 10.0 Å². The van der Waals surface area contributed by atoms with Crippen molar-refractivity contribution in [1.82, 2.24) is 0 Å². The second-order valence-corrected chi connectivity index (χ2v) is 6.48. The van der Waals surface area contributed by atoms with Crippen molar-refractivity contribution in [1.29, 1.82) is 0 Å². The molecule has 0 aromatic heterocycles. The smallest absolute Gasteiger partial charge is 0.277 e. The van der Waals surface area contributed by atoms with E-state index in [0.29, 0.717) is 12.1 Å². The van der Waals surface area contributed by atoms with Crippen molar-refractivity contribution in [3.8, 4) is 0 Å². The highest BCUT2D eigenvalue weighted by Gasteiger charge is 2.36. The van der Waals surface area contributed by atoms with Gasteiger partial charge >= 0.3 is 12.4 Å². The summed E-state index contributed by atoms with van der Waals surface area (Å²) in [7, 11) is -4.74. The summed E-state index contributed by atoms with van der Waals surface area (Å²) in [6.45, 7) is 0. The lowest BCUT2D eigenvalue weighted by atomic mass is 10.2. The fourth-order valence-electron chi connectivity index (χ4n) is 1.87. The molecule has 25 heavy (non-hydrogen) atoms. The summed E-state index contributed by atoms with van der Waals surface area (Å²) < 4.78 is 115. The second kappa shape index (κ2) is 6.21. The van der Waals surface area contributed by atoms with E-state index in [1.54, 1.807) is 0 Å². The van der Waals surface area contributed by atoms with E-state index in [9.17, 15) is 39.2 Å². The quantitative estimate of drug-likeness (QED) is 0.779.